The molecule has 0 N–H and O–H groups in total. The van der Waals surface area contributed by atoms with Crippen LogP contribution in [-0.4, -0.2) is 54.1 Å². The zero-order valence-electron chi connectivity index (χ0n) is 17.7. The Morgan fingerprint density at radius 3 is 2.42 bits per heavy atom. The summed E-state index contributed by atoms with van der Waals surface area (Å²) in [4.78, 5) is 26.9. The Morgan fingerprint density at radius 2 is 1.71 bits per heavy atom. The second-order valence-electron chi connectivity index (χ2n) is 6.80. The fraction of sp³-hybridized carbons (Fsp3) is 0.318. The van der Waals surface area contributed by atoms with Crippen molar-refractivity contribution in [2.75, 3.05) is 38.2 Å². The van der Waals surface area contributed by atoms with Crippen LogP contribution in [0.5, 0.6) is 5.75 Å². The van der Waals surface area contributed by atoms with E-state index in [1.807, 2.05) is 42.5 Å². The molecule has 9 heteroatoms. The molecule has 1 amide bonds. The van der Waals surface area contributed by atoms with Crippen molar-refractivity contribution in [3.8, 4) is 5.75 Å². The number of carbonyl (C=O) groups excluding carboxylic acids is 1. The minimum absolute atomic E-state index is 0. The van der Waals surface area contributed by atoms with Crippen molar-refractivity contribution in [2.45, 2.75) is 13.8 Å². The number of rotatable bonds is 8. The van der Waals surface area contributed by atoms with Crippen LogP contribution in [0.3, 0.4) is 0 Å². The number of methoxy groups -OCH3 is 1. The lowest BCUT2D eigenvalue weighted by Crippen LogP contribution is -2.38. The number of hydrogen-bond donors (Lipinski definition) is 0. The smallest absolute Gasteiger partial charge is 0.289 e. The molecule has 0 saturated carbocycles. The fourth-order valence-electron chi connectivity index (χ4n) is 3.28. The summed E-state index contributed by atoms with van der Waals surface area (Å²) in [6.45, 7) is 7.49. The van der Waals surface area contributed by atoms with Crippen LogP contribution in [0.1, 0.15) is 23.6 Å². The highest BCUT2D eigenvalue weighted by molar-refractivity contribution is 7.23. The van der Waals surface area contributed by atoms with Crippen molar-refractivity contribution >= 4 is 66.6 Å². The van der Waals surface area contributed by atoms with Crippen molar-refractivity contribution in [3.05, 3.63) is 47.5 Å². The standard InChI is InChI=1S/C22H24N4O2S2.ClH/c1-4-25(5-2)12-13-26(21(27)20-23-16-8-6-7-9-18(16)29-20)22-24-17-14-15(28-3)10-11-19(17)30-22;/h6-11,14H,4-5,12-13H2,1-3H3;1H. The highest BCUT2D eigenvalue weighted by Gasteiger charge is 2.24. The third-order valence-electron chi connectivity index (χ3n) is 5.07. The summed E-state index contributed by atoms with van der Waals surface area (Å²) in [5.74, 6) is 0.654. The number of nitrogens with zero attached hydrogens (tertiary/aromatic N) is 4. The van der Waals surface area contributed by atoms with Crippen LogP contribution in [0.2, 0.25) is 0 Å². The van der Waals surface area contributed by atoms with Gasteiger partial charge in [-0.15, -0.1) is 23.7 Å². The van der Waals surface area contributed by atoms with Gasteiger partial charge in [0.05, 0.1) is 27.5 Å². The lowest BCUT2D eigenvalue weighted by molar-refractivity contribution is 0.0983. The van der Waals surface area contributed by atoms with Crippen LogP contribution in [-0.2, 0) is 0 Å². The quantitative estimate of drug-likeness (QED) is 0.344. The van der Waals surface area contributed by atoms with Crippen molar-refractivity contribution in [1.82, 2.24) is 14.9 Å². The fourth-order valence-corrected chi connectivity index (χ4v) is 5.17. The molecule has 0 atom stereocenters. The van der Waals surface area contributed by atoms with E-state index in [2.05, 4.69) is 23.7 Å². The molecule has 6 nitrogen and oxygen atoms in total. The number of amides is 1. The van der Waals surface area contributed by atoms with E-state index in [9.17, 15) is 4.79 Å². The Balaban J connectivity index is 0.00000272. The zero-order valence-corrected chi connectivity index (χ0v) is 20.1. The third kappa shape index (κ3) is 4.98. The first-order valence-corrected chi connectivity index (χ1v) is 11.6. The van der Waals surface area contributed by atoms with Gasteiger partial charge in [0, 0.05) is 19.2 Å². The number of benzene rings is 2. The lowest BCUT2D eigenvalue weighted by Gasteiger charge is -2.24. The van der Waals surface area contributed by atoms with E-state index in [4.69, 9.17) is 9.72 Å². The zero-order chi connectivity index (χ0) is 21.1. The number of fused-ring (bicyclic) bond motifs is 2. The van der Waals surface area contributed by atoms with Gasteiger partial charge in [0.15, 0.2) is 10.1 Å². The van der Waals surface area contributed by atoms with E-state index < -0.39 is 0 Å². The first-order valence-electron chi connectivity index (χ1n) is 9.97. The Morgan fingerprint density at radius 1 is 0.968 bits per heavy atom. The maximum atomic E-state index is 13.5. The predicted molar refractivity (Wildman–Crippen MR) is 133 cm³/mol. The van der Waals surface area contributed by atoms with Crippen LogP contribution < -0.4 is 9.64 Å². The number of para-hydroxylation sites is 1. The Hall–Kier alpha value is -2.26. The molecule has 0 aliphatic rings. The summed E-state index contributed by atoms with van der Waals surface area (Å²) >= 11 is 2.95. The molecule has 0 spiro atoms. The number of thiazole rings is 2. The largest absolute Gasteiger partial charge is 0.497 e. The van der Waals surface area contributed by atoms with E-state index in [0.717, 1.165) is 45.8 Å². The molecule has 164 valence electrons. The molecule has 0 bridgehead atoms. The molecule has 0 aliphatic heterocycles. The average molecular weight is 477 g/mol. The van der Waals surface area contributed by atoms with E-state index in [1.54, 1.807) is 12.0 Å². The van der Waals surface area contributed by atoms with Gasteiger partial charge in [0.1, 0.15) is 5.75 Å². The number of ether oxygens (including phenoxy) is 1. The maximum Gasteiger partial charge on any atom is 0.289 e. The minimum Gasteiger partial charge on any atom is -0.497 e. The molecule has 2 heterocycles. The molecule has 0 unspecified atom stereocenters. The van der Waals surface area contributed by atoms with Gasteiger partial charge < -0.3 is 9.64 Å². The summed E-state index contributed by atoms with van der Waals surface area (Å²) in [6, 6.07) is 13.6. The molecule has 4 aromatic rings. The highest BCUT2D eigenvalue weighted by Crippen LogP contribution is 2.33. The van der Waals surface area contributed by atoms with E-state index in [-0.39, 0.29) is 18.3 Å². The summed E-state index contributed by atoms with van der Waals surface area (Å²) in [5, 5.41) is 1.18. The Labute approximate surface area is 195 Å². The molecule has 0 aliphatic carbocycles. The monoisotopic (exact) mass is 476 g/mol. The van der Waals surface area contributed by atoms with Gasteiger partial charge in [-0.05, 0) is 37.4 Å². The van der Waals surface area contributed by atoms with E-state index in [0.29, 0.717) is 16.7 Å². The second-order valence-corrected chi connectivity index (χ2v) is 8.84. The number of anilines is 1. The van der Waals surface area contributed by atoms with Crippen molar-refractivity contribution in [2.24, 2.45) is 0 Å². The van der Waals surface area contributed by atoms with E-state index in [1.165, 1.54) is 22.7 Å². The van der Waals surface area contributed by atoms with Gasteiger partial charge in [-0.3, -0.25) is 9.69 Å². The summed E-state index contributed by atoms with van der Waals surface area (Å²) in [7, 11) is 1.64. The maximum absolute atomic E-state index is 13.5. The molecule has 0 saturated heterocycles. The van der Waals surface area contributed by atoms with Crippen LogP contribution >= 0.6 is 35.1 Å². The summed E-state index contributed by atoms with van der Waals surface area (Å²) < 4.78 is 7.36. The number of likely N-dealkylation sites (N-methyl/N-ethyl adjacent to an activating group) is 1. The number of aromatic nitrogens is 2. The van der Waals surface area contributed by atoms with Crippen molar-refractivity contribution < 1.29 is 9.53 Å². The number of carbonyl (C=O) groups is 1. The van der Waals surface area contributed by atoms with Gasteiger partial charge >= 0.3 is 0 Å². The molecule has 4 rings (SSSR count). The van der Waals surface area contributed by atoms with Crippen LogP contribution in [0.25, 0.3) is 20.4 Å². The molecule has 0 fully saturated rings. The summed E-state index contributed by atoms with van der Waals surface area (Å²) in [5.41, 5.74) is 1.68. The first kappa shape index (κ1) is 23.4. The van der Waals surface area contributed by atoms with Crippen LogP contribution in [0.15, 0.2) is 42.5 Å². The Bertz CT molecular complexity index is 1140. The molecule has 31 heavy (non-hydrogen) atoms. The normalized spacial score (nSPS) is 11.1. The van der Waals surface area contributed by atoms with Gasteiger partial charge in [-0.2, -0.15) is 0 Å². The molecule has 2 aromatic heterocycles. The first-order chi connectivity index (χ1) is 14.6. The average Bonchev–Trinajstić information content (AvgIpc) is 3.39. The van der Waals surface area contributed by atoms with Gasteiger partial charge in [0.25, 0.3) is 5.91 Å². The second kappa shape index (κ2) is 10.4. The van der Waals surface area contributed by atoms with Gasteiger partial charge in [-0.1, -0.05) is 37.3 Å². The van der Waals surface area contributed by atoms with Gasteiger partial charge in [-0.25, -0.2) is 9.97 Å². The van der Waals surface area contributed by atoms with E-state index >= 15 is 0 Å². The predicted octanol–water partition coefficient (Wildman–Crippen LogP) is 5.33. The molecule has 0 radical (unpaired) electrons. The molecular weight excluding hydrogens is 452 g/mol. The lowest BCUT2D eigenvalue weighted by atomic mass is 10.3. The number of hydrogen-bond acceptors (Lipinski definition) is 7. The highest BCUT2D eigenvalue weighted by atomic mass is 35.5. The SMILES string of the molecule is CCN(CC)CCN(C(=O)c1nc2ccccc2s1)c1nc2cc(OC)ccc2s1.Cl. The molecule has 2 aromatic carbocycles. The molecular formula is C22H25ClN4O2S2. The van der Waals surface area contributed by atoms with Crippen molar-refractivity contribution in [1.29, 1.82) is 0 Å². The summed E-state index contributed by atoms with van der Waals surface area (Å²) in [6.07, 6.45) is 0. The Kier molecular flexibility index (Phi) is 7.83. The van der Waals surface area contributed by atoms with Crippen LogP contribution in [0, 0.1) is 0 Å². The van der Waals surface area contributed by atoms with Crippen molar-refractivity contribution in [3.63, 3.8) is 0 Å². The topological polar surface area (TPSA) is 58.6 Å². The van der Waals surface area contributed by atoms with Gasteiger partial charge in [0.2, 0.25) is 0 Å². The minimum atomic E-state index is -0.102. The number of halogens is 1. The van der Waals surface area contributed by atoms with Crippen LogP contribution in [0.4, 0.5) is 5.13 Å². The third-order valence-corrected chi connectivity index (χ3v) is 7.15.